The Morgan fingerprint density at radius 2 is 2.64 bits per heavy atom. The molecule has 1 aliphatic heterocycles. The van der Waals surface area contributed by atoms with Crippen LogP contribution in [0.3, 0.4) is 0 Å². The maximum absolute atomic E-state index is 3.96. The molecular weight excluding hydrogens is 142 g/mol. The first-order chi connectivity index (χ1) is 5.45. The second kappa shape index (κ2) is 2.87. The molecule has 1 fully saturated rings. The van der Waals surface area contributed by atoms with E-state index < -0.39 is 0 Å². The number of aromatic amines is 1. The van der Waals surface area contributed by atoms with E-state index in [1.807, 2.05) is 0 Å². The molecule has 60 valence electrons. The minimum absolute atomic E-state index is 0.364. The Morgan fingerprint density at radius 3 is 3.27 bits per heavy atom. The highest BCUT2D eigenvalue weighted by Crippen LogP contribution is 2.06. The lowest BCUT2D eigenvalue weighted by atomic mass is 10.3. The van der Waals surface area contributed by atoms with Crippen molar-refractivity contribution < 1.29 is 0 Å². The van der Waals surface area contributed by atoms with Crippen molar-refractivity contribution in [3.8, 4) is 0 Å². The molecule has 0 bridgehead atoms. The summed E-state index contributed by atoms with van der Waals surface area (Å²) in [4.78, 5) is 3.96. The Bertz CT molecular complexity index is 201. The van der Waals surface area contributed by atoms with Crippen LogP contribution >= 0.6 is 0 Å². The van der Waals surface area contributed by atoms with Crippen molar-refractivity contribution in [2.24, 2.45) is 0 Å². The number of nitrogens with one attached hydrogen (secondary N) is 3. The van der Waals surface area contributed by atoms with E-state index in [2.05, 4.69) is 25.8 Å². The fourth-order valence-corrected chi connectivity index (χ4v) is 1.25. The van der Waals surface area contributed by atoms with E-state index in [1.165, 1.54) is 12.7 Å². The van der Waals surface area contributed by atoms with Gasteiger partial charge in [0.1, 0.15) is 6.33 Å². The molecule has 0 aromatic carbocycles. The minimum atomic E-state index is 0.364. The van der Waals surface area contributed by atoms with Gasteiger partial charge < -0.3 is 5.32 Å². The molecule has 11 heavy (non-hydrogen) atoms. The second-order valence-corrected chi connectivity index (χ2v) is 2.63. The molecule has 2 heterocycles. The number of rotatable bonds is 2. The molecule has 0 unspecified atom stereocenters. The molecule has 0 aliphatic carbocycles. The molecular formula is C6H11N5. The molecule has 1 aromatic rings. The molecule has 2 rings (SSSR count). The highest BCUT2D eigenvalue weighted by Gasteiger charge is 2.13. The maximum Gasteiger partial charge on any atom is 0.219 e. The lowest BCUT2D eigenvalue weighted by Crippen LogP contribution is -2.30. The third kappa shape index (κ3) is 1.48. The fourth-order valence-electron chi connectivity index (χ4n) is 1.25. The average molecular weight is 153 g/mol. The third-order valence-corrected chi connectivity index (χ3v) is 1.79. The van der Waals surface area contributed by atoms with Gasteiger partial charge in [-0.05, 0) is 19.4 Å². The van der Waals surface area contributed by atoms with E-state index in [4.69, 9.17) is 0 Å². The first-order valence-electron chi connectivity index (χ1n) is 3.80. The molecule has 3 N–H and O–H groups in total. The largest absolute Gasteiger partial charge is 0.339 e. The van der Waals surface area contributed by atoms with Gasteiger partial charge in [0.15, 0.2) is 0 Å². The van der Waals surface area contributed by atoms with Crippen LogP contribution in [0.2, 0.25) is 0 Å². The standard InChI is InChI=1S/C6H11N5/c1-2-5(7-3-1)10-6-8-4-9-11-6/h4-5,7H,1-3H2,(H2,8,9,10,11)/t5-/m0/s1. The lowest BCUT2D eigenvalue weighted by molar-refractivity contribution is 0.672. The van der Waals surface area contributed by atoms with Crippen LogP contribution in [0, 0.1) is 0 Å². The fraction of sp³-hybridized carbons (Fsp3) is 0.667. The van der Waals surface area contributed by atoms with Crippen molar-refractivity contribution in [1.82, 2.24) is 20.5 Å². The van der Waals surface area contributed by atoms with E-state index in [-0.39, 0.29) is 0 Å². The number of H-pyrrole nitrogens is 1. The first-order valence-corrected chi connectivity index (χ1v) is 3.80. The van der Waals surface area contributed by atoms with Crippen molar-refractivity contribution in [2.75, 3.05) is 11.9 Å². The van der Waals surface area contributed by atoms with Gasteiger partial charge in [-0.1, -0.05) is 0 Å². The number of anilines is 1. The summed E-state index contributed by atoms with van der Waals surface area (Å²) in [6, 6.07) is 0. The molecule has 5 heteroatoms. The Kier molecular flexibility index (Phi) is 1.72. The number of nitrogens with zero attached hydrogens (tertiary/aromatic N) is 2. The monoisotopic (exact) mass is 153 g/mol. The lowest BCUT2D eigenvalue weighted by Gasteiger charge is -2.09. The summed E-state index contributed by atoms with van der Waals surface area (Å²) in [7, 11) is 0. The van der Waals surface area contributed by atoms with E-state index >= 15 is 0 Å². The minimum Gasteiger partial charge on any atom is -0.339 e. The molecule has 1 atom stereocenters. The van der Waals surface area contributed by atoms with Crippen LogP contribution in [0.25, 0.3) is 0 Å². The SMILES string of the molecule is c1n[nH]c(N[C@H]2CCCN2)n1. The van der Waals surface area contributed by atoms with Gasteiger partial charge in [0.05, 0.1) is 6.17 Å². The Morgan fingerprint density at radius 1 is 1.64 bits per heavy atom. The van der Waals surface area contributed by atoms with Crippen LogP contribution in [0.4, 0.5) is 5.95 Å². The van der Waals surface area contributed by atoms with E-state index in [0.717, 1.165) is 18.9 Å². The Hall–Kier alpha value is -1.10. The second-order valence-electron chi connectivity index (χ2n) is 2.63. The smallest absolute Gasteiger partial charge is 0.219 e. The molecule has 1 aliphatic rings. The summed E-state index contributed by atoms with van der Waals surface area (Å²) in [6.07, 6.45) is 4.24. The Labute approximate surface area is 64.6 Å². The number of hydrogen-bond donors (Lipinski definition) is 3. The zero-order valence-electron chi connectivity index (χ0n) is 6.17. The van der Waals surface area contributed by atoms with Crippen molar-refractivity contribution in [1.29, 1.82) is 0 Å². The van der Waals surface area contributed by atoms with Crippen molar-refractivity contribution >= 4 is 5.95 Å². The predicted molar refractivity (Wildman–Crippen MR) is 41.0 cm³/mol. The maximum atomic E-state index is 3.96. The zero-order valence-corrected chi connectivity index (χ0v) is 6.17. The van der Waals surface area contributed by atoms with Crippen LogP contribution in [0.5, 0.6) is 0 Å². The van der Waals surface area contributed by atoms with Gasteiger partial charge >= 0.3 is 0 Å². The van der Waals surface area contributed by atoms with Crippen LogP contribution in [0.15, 0.2) is 6.33 Å². The highest BCUT2D eigenvalue weighted by molar-refractivity contribution is 5.22. The van der Waals surface area contributed by atoms with E-state index in [1.54, 1.807) is 0 Å². The molecule has 0 saturated carbocycles. The van der Waals surface area contributed by atoms with Gasteiger partial charge in [0.2, 0.25) is 5.95 Å². The quantitative estimate of drug-likeness (QED) is 0.556. The van der Waals surface area contributed by atoms with Crippen molar-refractivity contribution in [2.45, 2.75) is 19.0 Å². The number of aromatic nitrogens is 3. The number of hydrogen-bond acceptors (Lipinski definition) is 4. The Balaban J connectivity index is 1.90. The summed E-state index contributed by atoms with van der Waals surface area (Å²) >= 11 is 0. The summed E-state index contributed by atoms with van der Waals surface area (Å²) in [5.41, 5.74) is 0. The molecule has 0 radical (unpaired) electrons. The van der Waals surface area contributed by atoms with Crippen LogP contribution < -0.4 is 10.6 Å². The van der Waals surface area contributed by atoms with Crippen LogP contribution in [-0.2, 0) is 0 Å². The topological polar surface area (TPSA) is 65.6 Å². The normalized spacial score (nSPS) is 23.8. The van der Waals surface area contributed by atoms with Gasteiger partial charge in [0.25, 0.3) is 0 Å². The average Bonchev–Trinajstić information content (AvgIpc) is 2.60. The van der Waals surface area contributed by atoms with E-state index in [9.17, 15) is 0 Å². The highest BCUT2D eigenvalue weighted by atomic mass is 15.3. The van der Waals surface area contributed by atoms with Gasteiger partial charge in [0, 0.05) is 0 Å². The van der Waals surface area contributed by atoms with E-state index in [0.29, 0.717) is 6.17 Å². The summed E-state index contributed by atoms with van der Waals surface area (Å²) < 4.78 is 0. The van der Waals surface area contributed by atoms with Crippen LogP contribution in [0.1, 0.15) is 12.8 Å². The zero-order chi connectivity index (χ0) is 7.52. The first kappa shape index (κ1) is 6.60. The van der Waals surface area contributed by atoms with Crippen LogP contribution in [-0.4, -0.2) is 27.9 Å². The molecule has 0 spiro atoms. The predicted octanol–water partition coefficient (Wildman–Crippen LogP) is -0.0739. The molecule has 1 aromatic heterocycles. The van der Waals surface area contributed by atoms with Gasteiger partial charge in [-0.15, -0.1) is 0 Å². The summed E-state index contributed by atoms with van der Waals surface area (Å²) in [6.45, 7) is 1.09. The third-order valence-electron chi connectivity index (χ3n) is 1.79. The molecule has 1 saturated heterocycles. The van der Waals surface area contributed by atoms with Gasteiger partial charge in [-0.25, -0.2) is 10.1 Å². The van der Waals surface area contributed by atoms with Crippen molar-refractivity contribution in [3.63, 3.8) is 0 Å². The molecule has 0 amide bonds. The van der Waals surface area contributed by atoms with Gasteiger partial charge in [-0.2, -0.15) is 5.10 Å². The summed E-state index contributed by atoms with van der Waals surface area (Å²) in [5, 5.41) is 13.0. The summed E-state index contributed by atoms with van der Waals surface area (Å²) in [5.74, 6) is 0.740. The van der Waals surface area contributed by atoms with Gasteiger partial charge in [-0.3, -0.25) is 5.32 Å². The molecule has 5 nitrogen and oxygen atoms in total. The van der Waals surface area contributed by atoms with Crippen molar-refractivity contribution in [3.05, 3.63) is 6.33 Å².